The van der Waals surface area contributed by atoms with Gasteiger partial charge in [0.2, 0.25) is 0 Å². The number of hydrogen-bond donors (Lipinski definition) is 3. The molecule has 0 unspecified atom stereocenters. The van der Waals surface area contributed by atoms with Crippen LogP contribution in [0.2, 0.25) is 0 Å². The van der Waals surface area contributed by atoms with Gasteiger partial charge in [0.1, 0.15) is 5.75 Å². The van der Waals surface area contributed by atoms with Crippen LogP contribution in [-0.4, -0.2) is 50.8 Å². The summed E-state index contributed by atoms with van der Waals surface area (Å²) in [5, 5.41) is 9.05. The summed E-state index contributed by atoms with van der Waals surface area (Å²) in [5.41, 5.74) is 3.34. The van der Waals surface area contributed by atoms with Gasteiger partial charge in [0.25, 0.3) is 5.91 Å². The third kappa shape index (κ3) is 8.17. The van der Waals surface area contributed by atoms with Crippen molar-refractivity contribution in [1.82, 2.24) is 10.7 Å². The molecule has 0 aromatic heterocycles. The van der Waals surface area contributed by atoms with Crippen LogP contribution in [-0.2, 0) is 14.4 Å². The number of nitrogens with zero attached hydrogens (tertiary/aromatic N) is 1. The molecule has 33 heavy (non-hydrogen) atoms. The Morgan fingerprint density at radius 3 is 2.52 bits per heavy atom. The van der Waals surface area contributed by atoms with Crippen molar-refractivity contribution in [3.05, 3.63) is 48.0 Å². The fourth-order valence-corrected chi connectivity index (χ4v) is 2.53. The maximum Gasteiger partial charge on any atom is 0.329 e. The first kappa shape index (κ1) is 25.2. The highest BCUT2D eigenvalue weighted by molar-refractivity contribution is 6.35. The zero-order chi connectivity index (χ0) is 24.2. The predicted octanol–water partition coefficient (Wildman–Crippen LogP) is 2.09. The zero-order valence-corrected chi connectivity index (χ0v) is 19.0. The number of carbonyl (C=O) groups excluding carboxylic acids is 3. The first-order valence-electron chi connectivity index (χ1n) is 10.2. The normalized spacial score (nSPS) is 11.4. The van der Waals surface area contributed by atoms with Crippen molar-refractivity contribution in [2.24, 2.45) is 5.10 Å². The minimum Gasteiger partial charge on any atom is -0.497 e. The summed E-state index contributed by atoms with van der Waals surface area (Å²) in [6.45, 7) is 3.46. The van der Waals surface area contributed by atoms with E-state index in [2.05, 4.69) is 21.2 Å². The van der Waals surface area contributed by atoms with Gasteiger partial charge in [0, 0.05) is 17.8 Å². The van der Waals surface area contributed by atoms with E-state index in [1.165, 1.54) is 13.3 Å². The van der Waals surface area contributed by atoms with Crippen LogP contribution in [0.25, 0.3) is 0 Å². The molecule has 2 aromatic rings. The number of anilines is 1. The molecule has 3 N–H and O–H groups in total. The van der Waals surface area contributed by atoms with Gasteiger partial charge in [0.05, 0.1) is 20.4 Å². The molecule has 0 aliphatic heterocycles. The summed E-state index contributed by atoms with van der Waals surface area (Å²) in [6.07, 6.45) is 2.06. The minimum absolute atomic E-state index is 0.110. The van der Waals surface area contributed by atoms with E-state index < -0.39 is 11.8 Å². The molecule has 3 amide bonds. The third-order valence-corrected chi connectivity index (χ3v) is 4.48. The Morgan fingerprint density at radius 1 is 1.03 bits per heavy atom. The maximum absolute atomic E-state index is 12.2. The lowest BCUT2D eigenvalue weighted by atomic mass is 10.2. The highest BCUT2D eigenvalue weighted by Gasteiger charge is 2.14. The Morgan fingerprint density at radius 2 is 1.82 bits per heavy atom. The lowest BCUT2D eigenvalue weighted by Crippen LogP contribution is -2.41. The van der Waals surface area contributed by atoms with Gasteiger partial charge in [0.15, 0.2) is 18.1 Å². The van der Waals surface area contributed by atoms with Crippen LogP contribution in [0.5, 0.6) is 17.2 Å². The van der Waals surface area contributed by atoms with Gasteiger partial charge >= 0.3 is 11.8 Å². The Hall–Kier alpha value is -4.08. The summed E-state index contributed by atoms with van der Waals surface area (Å²) in [4.78, 5) is 35.6. The van der Waals surface area contributed by atoms with Gasteiger partial charge in [-0.2, -0.15) is 5.10 Å². The second kappa shape index (κ2) is 12.7. The van der Waals surface area contributed by atoms with E-state index >= 15 is 0 Å². The highest BCUT2D eigenvalue weighted by atomic mass is 16.5. The predicted molar refractivity (Wildman–Crippen MR) is 124 cm³/mol. The average Bonchev–Trinajstić information content (AvgIpc) is 2.82. The molecule has 176 valence electrons. The maximum atomic E-state index is 12.2. The van der Waals surface area contributed by atoms with E-state index in [9.17, 15) is 14.4 Å². The number of nitrogens with one attached hydrogen (secondary N) is 3. The van der Waals surface area contributed by atoms with Crippen molar-refractivity contribution in [1.29, 1.82) is 0 Å². The number of methoxy groups -OCH3 is 2. The quantitative estimate of drug-likeness (QED) is 0.285. The molecule has 1 atom stereocenters. The van der Waals surface area contributed by atoms with Crippen LogP contribution in [0.3, 0.4) is 0 Å². The second-order valence-electron chi connectivity index (χ2n) is 6.96. The molecule has 10 nitrogen and oxygen atoms in total. The Labute approximate surface area is 192 Å². The molecule has 0 bridgehead atoms. The first-order chi connectivity index (χ1) is 15.9. The molecular weight excluding hydrogens is 428 g/mol. The number of amides is 3. The van der Waals surface area contributed by atoms with E-state index in [1.807, 2.05) is 6.92 Å². The lowest BCUT2D eigenvalue weighted by Gasteiger charge is -2.12. The minimum atomic E-state index is -0.861. The van der Waals surface area contributed by atoms with Crippen LogP contribution >= 0.6 is 0 Å². The molecule has 0 saturated carbocycles. The van der Waals surface area contributed by atoms with E-state index in [0.29, 0.717) is 34.9 Å². The molecule has 0 saturated heterocycles. The number of hydrazone groups is 1. The largest absolute Gasteiger partial charge is 0.497 e. The molecule has 0 fully saturated rings. The van der Waals surface area contributed by atoms with Gasteiger partial charge in [-0.15, -0.1) is 0 Å². The van der Waals surface area contributed by atoms with Crippen molar-refractivity contribution in [2.45, 2.75) is 26.3 Å². The fourth-order valence-electron chi connectivity index (χ4n) is 2.53. The van der Waals surface area contributed by atoms with Crippen molar-refractivity contribution < 1.29 is 28.6 Å². The van der Waals surface area contributed by atoms with Crippen LogP contribution in [0.1, 0.15) is 25.8 Å². The molecular formula is C23H28N4O6. The van der Waals surface area contributed by atoms with Crippen LogP contribution in [0.15, 0.2) is 47.6 Å². The monoisotopic (exact) mass is 456 g/mol. The van der Waals surface area contributed by atoms with Crippen LogP contribution < -0.4 is 30.3 Å². The molecule has 0 heterocycles. The van der Waals surface area contributed by atoms with Crippen LogP contribution in [0, 0.1) is 0 Å². The molecule has 0 aliphatic carbocycles. The SMILES string of the molecule is CC[C@@H](C)NC(=O)C(=O)N/N=C\c1ccc(OCC(=O)Nc2cccc(OC)c2)c(OC)c1. The van der Waals surface area contributed by atoms with Gasteiger partial charge in [-0.1, -0.05) is 13.0 Å². The number of rotatable bonds is 10. The molecule has 2 aromatic carbocycles. The van der Waals surface area contributed by atoms with Gasteiger partial charge in [-0.05, 0) is 49.2 Å². The summed E-state index contributed by atoms with van der Waals surface area (Å²) in [5.74, 6) is -0.619. The number of ether oxygens (including phenoxy) is 3. The van der Waals surface area contributed by atoms with Crippen LogP contribution in [0.4, 0.5) is 5.69 Å². The number of carbonyl (C=O) groups is 3. The fraction of sp³-hybridized carbons (Fsp3) is 0.304. The van der Waals surface area contributed by atoms with Gasteiger partial charge in [-0.25, -0.2) is 5.43 Å². The summed E-state index contributed by atoms with van der Waals surface area (Å²) in [6, 6.07) is 11.7. The second-order valence-corrected chi connectivity index (χ2v) is 6.96. The standard InChI is InChI=1S/C23H28N4O6/c1-5-15(2)25-22(29)23(30)27-24-13-16-9-10-19(20(11-16)32-4)33-14-21(28)26-17-7-6-8-18(12-17)31-3/h6-13,15H,5,14H2,1-4H3,(H,25,29)(H,26,28)(H,27,30)/b24-13-/t15-/m1/s1. The molecule has 0 aliphatic rings. The average molecular weight is 456 g/mol. The third-order valence-electron chi connectivity index (χ3n) is 4.48. The Balaban J connectivity index is 1.91. The van der Waals surface area contributed by atoms with Gasteiger partial charge < -0.3 is 24.8 Å². The zero-order valence-electron chi connectivity index (χ0n) is 19.0. The van der Waals surface area contributed by atoms with Gasteiger partial charge in [-0.3, -0.25) is 14.4 Å². The number of hydrogen-bond acceptors (Lipinski definition) is 7. The van der Waals surface area contributed by atoms with Crippen molar-refractivity contribution >= 4 is 29.6 Å². The number of benzene rings is 2. The Kier molecular flexibility index (Phi) is 9.69. The molecule has 10 heteroatoms. The Bertz CT molecular complexity index is 1010. The summed E-state index contributed by atoms with van der Waals surface area (Å²) < 4.78 is 16.0. The van der Waals surface area contributed by atoms with E-state index in [-0.39, 0.29) is 18.6 Å². The van der Waals surface area contributed by atoms with Crippen molar-refractivity contribution in [3.63, 3.8) is 0 Å². The first-order valence-corrected chi connectivity index (χ1v) is 10.2. The van der Waals surface area contributed by atoms with Crippen molar-refractivity contribution in [2.75, 3.05) is 26.1 Å². The molecule has 2 rings (SSSR count). The smallest absolute Gasteiger partial charge is 0.329 e. The van der Waals surface area contributed by atoms with Crippen molar-refractivity contribution in [3.8, 4) is 17.2 Å². The highest BCUT2D eigenvalue weighted by Crippen LogP contribution is 2.27. The summed E-state index contributed by atoms with van der Waals surface area (Å²) in [7, 11) is 3.00. The lowest BCUT2D eigenvalue weighted by molar-refractivity contribution is -0.139. The topological polar surface area (TPSA) is 127 Å². The van der Waals surface area contributed by atoms with E-state index in [0.717, 1.165) is 0 Å². The van der Waals surface area contributed by atoms with E-state index in [4.69, 9.17) is 14.2 Å². The molecule has 0 spiro atoms. The summed E-state index contributed by atoms with van der Waals surface area (Å²) >= 11 is 0. The molecule has 0 radical (unpaired) electrons. The van der Waals surface area contributed by atoms with E-state index in [1.54, 1.807) is 56.5 Å².